The number of nitrogens with zero attached hydrogens (tertiary/aromatic N) is 1. The van der Waals surface area contributed by atoms with Gasteiger partial charge in [-0.05, 0) is 36.8 Å². The molecule has 0 aromatic heterocycles. The quantitative estimate of drug-likeness (QED) is 0.822. The Hall–Kier alpha value is -1.51. The van der Waals surface area contributed by atoms with Crippen molar-refractivity contribution in [3.63, 3.8) is 0 Å². The molecule has 2 aliphatic heterocycles. The van der Waals surface area contributed by atoms with Crippen LogP contribution < -0.4 is 5.32 Å². The van der Waals surface area contributed by atoms with Crippen molar-refractivity contribution in [2.75, 3.05) is 18.4 Å². The molecule has 0 saturated carbocycles. The summed E-state index contributed by atoms with van der Waals surface area (Å²) in [4.78, 5) is 14.4. The minimum atomic E-state index is -0.0230. The Morgan fingerprint density at radius 1 is 1.33 bits per heavy atom. The highest BCUT2D eigenvalue weighted by molar-refractivity contribution is 5.86. The number of hydrogen-bond acceptors (Lipinski definition) is 2. The van der Waals surface area contributed by atoms with E-state index >= 15 is 0 Å². The smallest absolute Gasteiger partial charge is 0.245 e. The topological polar surface area (TPSA) is 32.3 Å². The van der Waals surface area contributed by atoms with E-state index in [4.69, 9.17) is 0 Å². The number of amides is 1. The molecule has 0 spiro atoms. The number of para-hydroxylation sites is 1. The molecular formula is C15H20N2O. The van der Waals surface area contributed by atoms with E-state index in [-0.39, 0.29) is 11.9 Å². The van der Waals surface area contributed by atoms with Gasteiger partial charge in [-0.1, -0.05) is 25.1 Å². The van der Waals surface area contributed by atoms with Gasteiger partial charge in [0.2, 0.25) is 5.91 Å². The Balaban J connectivity index is 1.70. The Bertz CT molecular complexity index is 458. The normalized spacial score (nSPS) is 26.6. The minimum absolute atomic E-state index is 0.0230. The molecule has 2 heterocycles. The molecule has 1 amide bonds. The lowest BCUT2D eigenvalue weighted by atomic mass is 9.97. The molecular weight excluding hydrogens is 224 g/mol. The fourth-order valence-electron chi connectivity index (χ4n) is 2.98. The van der Waals surface area contributed by atoms with E-state index in [0.717, 1.165) is 38.0 Å². The van der Waals surface area contributed by atoms with Crippen LogP contribution in [-0.2, 0) is 11.2 Å². The average molecular weight is 244 g/mol. The summed E-state index contributed by atoms with van der Waals surface area (Å²) in [5.41, 5.74) is 2.46. The molecule has 2 aliphatic rings. The third-order valence-corrected chi connectivity index (χ3v) is 4.08. The highest BCUT2D eigenvalue weighted by Crippen LogP contribution is 2.26. The van der Waals surface area contributed by atoms with Crippen molar-refractivity contribution in [1.82, 2.24) is 4.90 Å². The molecule has 2 unspecified atom stereocenters. The number of benzene rings is 1. The van der Waals surface area contributed by atoms with Crippen LogP contribution >= 0.6 is 0 Å². The highest BCUT2D eigenvalue weighted by atomic mass is 16.2. The highest BCUT2D eigenvalue weighted by Gasteiger charge is 2.30. The lowest BCUT2D eigenvalue weighted by Crippen LogP contribution is -2.43. The predicted molar refractivity (Wildman–Crippen MR) is 72.5 cm³/mol. The standard InChI is InChI=1S/C15H20N2O/c1-11-8-9-17(10-11)15(18)14-7-6-12-4-2-3-5-13(12)16-14/h2-5,11,14,16H,6-10H2,1H3. The predicted octanol–water partition coefficient (Wildman–Crippen LogP) is 2.28. The van der Waals surface area contributed by atoms with E-state index < -0.39 is 0 Å². The van der Waals surface area contributed by atoms with E-state index in [2.05, 4.69) is 30.4 Å². The molecule has 1 aromatic carbocycles. The number of fused-ring (bicyclic) bond motifs is 1. The van der Waals surface area contributed by atoms with Crippen LogP contribution in [0.1, 0.15) is 25.3 Å². The first-order valence-electron chi connectivity index (χ1n) is 6.87. The van der Waals surface area contributed by atoms with Crippen molar-refractivity contribution in [3.8, 4) is 0 Å². The second-order valence-corrected chi connectivity index (χ2v) is 5.57. The largest absolute Gasteiger partial charge is 0.373 e. The fraction of sp³-hybridized carbons (Fsp3) is 0.533. The summed E-state index contributed by atoms with van der Waals surface area (Å²) in [5.74, 6) is 0.943. The maximum Gasteiger partial charge on any atom is 0.245 e. The second kappa shape index (κ2) is 4.63. The first-order chi connectivity index (χ1) is 8.74. The third kappa shape index (κ3) is 2.09. The van der Waals surface area contributed by atoms with Gasteiger partial charge in [0, 0.05) is 18.8 Å². The third-order valence-electron chi connectivity index (χ3n) is 4.08. The number of rotatable bonds is 1. The maximum absolute atomic E-state index is 12.4. The van der Waals surface area contributed by atoms with Crippen molar-refractivity contribution < 1.29 is 4.79 Å². The van der Waals surface area contributed by atoms with Crippen LogP contribution in [-0.4, -0.2) is 29.9 Å². The molecule has 1 saturated heterocycles. The lowest BCUT2D eigenvalue weighted by molar-refractivity contribution is -0.131. The number of aryl methyl sites for hydroxylation is 1. The molecule has 1 fully saturated rings. The van der Waals surface area contributed by atoms with E-state index in [9.17, 15) is 4.79 Å². The zero-order valence-electron chi connectivity index (χ0n) is 10.9. The van der Waals surface area contributed by atoms with Crippen LogP contribution in [0.4, 0.5) is 5.69 Å². The number of nitrogens with one attached hydrogen (secondary N) is 1. The second-order valence-electron chi connectivity index (χ2n) is 5.57. The van der Waals surface area contributed by atoms with Gasteiger partial charge in [0.25, 0.3) is 0 Å². The van der Waals surface area contributed by atoms with Crippen molar-refractivity contribution in [3.05, 3.63) is 29.8 Å². The summed E-state index contributed by atoms with van der Waals surface area (Å²) >= 11 is 0. The SMILES string of the molecule is CC1CCN(C(=O)C2CCc3ccccc3N2)C1. The van der Waals surface area contributed by atoms with Gasteiger partial charge >= 0.3 is 0 Å². The number of hydrogen-bond donors (Lipinski definition) is 1. The summed E-state index contributed by atoms with van der Waals surface area (Å²) in [7, 11) is 0. The van der Waals surface area contributed by atoms with Gasteiger partial charge in [-0.2, -0.15) is 0 Å². The van der Waals surface area contributed by atoms with Crippen LogP contribution in [0.5, 0.6) is 0 Å². The molecule has 0 radical (unpaired) electrons. The van der Waals surface area contributed by atoms with E-state index in [0.29, 0.717) is 5.92 Å². The minimum Gasteiger partial charge on any atom is -0.373 e. The van der Waals surface area contributed by atoms with Gasteiger partial charge in [0.15, 0.2) is 0 Å². The van der Waals surface area contributed by atoms with Gasteiger partial charge < -0.3 is 10.2 Å². The molecule has 18 heavy (non-hydrogen) atoms. The first kappa shape index (κ1) is 11.6. The number of carbonyl (C=O) groups excluding carboxylic acids is 1. The molecule has 3 rings (SSSR count). The molecule has 1 aromatic rings. The Kier molecular flexibility index (Phi) is 2.98. The van der Waals surface area contributed by atoms with Crippen LogP contribution in [0.25, 0.3) is 0 Å². The van der Waals surface area contributed by atoms with Crippen LogP contribution in [0.2, 0.25) is 0 Å². The number of carbonyl (C=O) groups is 1. The first-order valence-corrected chi connectivity index (χ1v) is 6.87. The molecule has 0 bridgehead atoms. The molecule has 3 nitrogen and oxygen atoms in total. The maximum atomic E-state index is 12.4. The van der Waals surface area contributed by atoms with Crippen molar-refractivity contribution >= 4 is 11.6 Å². The zero-order chi connectivity index (χ0) is 12.5. The van der Waals surface area contributed by atoms with Crippen molar-refractivity contribution in [2.24, 2.45) is 5.92 Å². The van der Waals surface area contributed by atoms with Crippen LogP contribution in [0.15, 0.2) is 24.3 Å². The fourth-order valence-corrected chi connectivity index (χ4v) is 2.98. The van der Waals surface area contributed by atoms with Crippen LogP contribution in [0.3, 0.4) is 0 Å². The van der Waals surface area contributed by atoms with E-state index in [1.54, 1.807) is 0 Å². The monoisotopic (exact) mass is 244 g/mol. The molecule has 2 atom stereocenters. The molecule has 0 aliphatic carbocycles. The summed E-state index contributed by atoms with van der Waals surface area (Å²) in [5, 5.41) is 3.40. The number of likely N-dealkylation sites (tertiary alicyclic amines) is 1. The Morgan fingerprint density at radius 3 is 2.94 bits per heavy atom. The zero-order valence-corrected chi connectivity index (χ0v) is 10.9. The van der Waals surface area contributed by atoms with Gasteiger partial charge in [0.1, 0.15) is 6.04 Å². The molecule has 3 heteroatoms. The van der Waals surface area contributed by atoms with Crippen molar-refractivity contribution in [1.29, 1.82) is 0 Å². The Labute approximate surface area is 108 Å². The summed E-state index contributed by atoms with van der Waals surface area (Å²) in [6.07, 6.45) is 3.07. The summed E-state index contributed by atoms with van der Waals surface area (Å²) < 4.78 is 0. The molecule has 96 valence electrons. The molecule has 1 N–H and O–H groups in total. The van der Waals surface area contributed by atoms with E-state index in [1.165, 1.54) is 5.56 Å². The van der Waals surface area contributed by atoms with Gasteiger partial charge in [-0.15, -0.1) is 0 Å². The lowest BCUT2D eigenvalue weighted by Gasteiger charge is -2.29. The van der Waals surface area contributed by atoms with Crippen molar-refractivity contribution in [2.45, 2.75) is 32.2 Å². The van der Waals surface area contributed by atoms with Gasteiger partial charge in [-0.3, -0.25) is 4.79 Å². The average Bonchev–Trinajstić information content (AvgIpc) is 2.84. The van der Waals surface area contributed by atoms with Crippen LogP contribution in [0, 0.1) is 5.92 Å². The van der Waals surface area contributed by atoms with E-state index in [1.807, 2.05) is 11.0 Å². The Morgan fingerprint density at radius 2 is 2.17 bits per heavy atom. The van der Waals surface area contributed by atoms with Gasteiger partial charge in [0.05, 0.1) is 0 Å². The van der Waals surface area contributed by atoms with Gasteiger partial charge in [-0.25, -0.2) is 0 Å². The number of anilines is 1. The summed E-state index contributed by atoms with van der Waals surface area (Å²) in [6, 6.07) is 8.27. The summed E-state index contributed by atoms with van der Waals surface area (Å²) in [6.45, 7) is 4.08.